The Kier molecular flexibility index (Phi) is 3.55. The number of halogens is 3. The van der Waals surface area contributed by atoms with E-state index in [9.17, 15) is 13.2 Å². The molecule has 0 radical (unpaired) electrons. The summed E-state index contributed by atoms with van der Waals surface area (Å²) in [6, 6.07) is 6.76. The van der Waals surface area contributed by atoms with Crippen LogP contribution in [0.1, 0.15) is 31.2 Å². The second kappa shape index (κ2) is 4.99. The van der Waals surface area contributed by atoms with Crippen LogP contribution < -0.4 is 0 Å². The van der Waals surface area contributed by atoms with Crippen molar-refractivity contribution in [2.24, 2.45) is 0 Å². The third-order valence-corrected chi connectivity index (χ3v) is 2.68. The van der Waals surface area contributed by atoms with Gasteiger partial charge in [0, 0.05) is 17.7 Å². The van der Waals surface area contributed by atoms with Crippen LogP contribution in [0.4, 0.5) is 13.2 Å². The van der Waals surface area contributed by atoms with Crippen LogP contribution in [0.3, 0.4) is 0 Å². The number of benzene rings is 1. The van der Waals surface area contributed by atoms with Gasteiger partial charge in [0.2, 0.25) is 0 Å². The Morgan fingerprint density at radius 3 is 2.47 bits per heavy atom. The lowest BCUT2D eigenvalue weighted by molar-refractivity contribution is -0.137. The minimum atomic E-state index is -4.34. The van der Waals surface area contributed by atoms with Crippen molar-refractivity contribution in [1.82, 2.24) is 9.97 Å². The molecule has 2 aromatic rings. The number of rotatable bonds is 2. The smallest absolute Gasteiger partial charge is 0.241 e. The molecule has 100 valence electrons. The Morgan fingerprint density at radius 2 is 1.84 bits per heavy atom. The van der Waals surface area contributed by atoms with E-state index in [-0.39, 0.29) is 5.92 Å². The lowest BCUT2D eigenvalue weighted by Crippen LogP contribution is -2.05. The van der Waals surface area contributed by atoms with E-state index < -0.39 is 11.7 Å². The number of alkyl halides is 3. The molecule has 0 aliphatic heterocycles. The SMILES string of the molecule is CC(C)c1nccc(-c2cccc(C(F)(F)F)c2)n1. The molecule has 2 nitrogen and oxygen atoms in total. The van der Waals surface area contributed by atoms with Gasteiger partial charge < -0.3 is 0 Å². The van der Waals surface area contributed by atoms with Crippen LogP contribution in [0.2, 0.25) is 0 Å². The van der Waals surface area contributed by atoms with E-state index in [1.54, 1.807) is 18.3 Å². The van der Waals surface area contributed by atoms with Crippen molar-refractivity contribution in [1.29, 1.82) is 0 Å². The highest BCUT2D eigenvalue weighted by Gasteiger charge is 2.30. The zero-order chi connectivity index (χ0) is 14.0. The predicted octanol–water partition coefficient (Wildman–Crippen LogP) is 4.29. The Balaban J connectivity index is 2.45. The fourth-order valence-electron chi connectivity index (χ4n) is 1.67. The van der Waals surface area contributed by atoms with Gasteiger partial charge in [0.15, 0.2) is 0 Å². The number of hydrogen-bond donors (Lipinski definition) is 0. The molecule has 1 heterocycles. The molecule has 0 aliphatic rings. The zero-order valence-corrected chi connectivity index (χ0v) is 10.6. The summed E-state index contributed by atoms with van der Waals surface area (Å²) in [7, 11) is 0. The summed E-state index contributed by atoms with van der Waals surface area (Å²) < 4.78 is 38.0. The highest BCUT2D eigenvalue weighted by molar-refractivity contribution is 5.59. The molecule has 0 fully saturated rings. The van der Waals surface area contributed by atoms with Crippen LogP contribution in [0.5, 0.6) is 0 Å². The van der Waals surface area contributed by atoms with Gasteiger partial charge in [0.05, 0.1) is 11.3 Å². The van der Waals surface area contributed by atoms with Crippen molar-refractivity contribution in [2.75, 3.05) is 0 Å². The maximum absolute atomic E-state index is 12.7. The van der Waals surface area contributed by atoms with Crippen LogP contribution in [0, 0.1) is 0 Å². The van der Waals surface area contributed by atoms with Crippen molar-refractivity contribution in [3.05, 3.63) is 47.9 Å². The first-order chi connectivity index (χ1) is 8.88. The number of hydrogen-bond acceptors (Lipinski definition) is 2. The van der Waals surface area contributed by atoms with Gasteiger partial charge in [-0.1, -0.05) is 26.0 Å². The summed E-state index contributed by atoms with van der Waals surface area (Å²) in [6.45, 7) is 3.87. The molecule has 1 aromatic heterocycles. The van der Waals surface area contributed by atoms with Crippen LogP contribution in [-0.2, 0) is 6.18 Å². The Hall–Kier alpha value is -1.91. The highest BCUT2D eigenvalue weighted by atomic mass is 19.4. The lowest BCUT2D eigenvalue weighted by atomic mass is 10.1. The van der Waals surface area contributed by atoms with Gasteiger partial charge in [-0.05, 0) is 18.2 Å². The summed E-state index contributed by atoms with van der Waals surface area (Å²) in [5.41, 5.74) is 0.277. The number of aromatic nitrogens is 2. The summed E-state index contributed by atoms with van der Waals surface area (Å²) in [6.07, 6.45) is -2.78. The molecule has 5 heteroatoms. The van der Waals surface area contributed by atoms with Gasteiger partial charge in [0.25, 0.3) is 0 Å². The van der Waals surface area contributed by atoms with Crippen molar-refractivity contribution >= 4 is 0 Å². The van der Waals surface area contributed by atoms with Gasteiger partial charge >= 0.3 is 6.18 Å². The molecule has 0 saturated carbocycles. The molecule has 0 amide bonds. The monoisotopic (exact) mass is 266 g/mol. The topological polar surface area (TPSA) is 25.8 Å². The maximum atomic E-state index is 12.7. The fraction of sp³-hybridized carbons (Fsp3) is 0.286. The van der Waals surface area contributed by atoms with Gasteiger partial charge in [0.1, 0.15) is 5.82 Å². The van der Waals surface area contributed by atoms with Crippen molar-refractivity contribution in [3.63, 3.8) is 0 Å². The Labute approximate surface area is 109 Å². The van der Waals surface area contributed by atoms with Gasteiger partial charge in [-0.2, -0.15) is 13.2 Å². The van der Waals surface area contributed by atoms with Gasteiger partial charge in [-0.3, -0.25) is 0 Å². The third kappa shape index (κ3) is 3.10. The van der Waals surface area contributed by atoms with Crippen molar-refractivity contribution in [3.8, 4) is 11.3 Å². The summed E-state index contributed by atoms with van der Waals surface area (Å²) in [4.78, 5) is 8.39. The van der Waals surface area contributed by atoms with Crippen molar-refractivity contribution in [2.45, 2.75) is 25.9 Å². The molecule has 0 atom stereocenters. The Morgan fingerprint density at radius 1 is 1.11 bits per heavy atom. The molecular weight excluding hydrogens is 253 g/mol. The van der Waals surface area contributed by atoms with E-state index in [2.05, 4.69) is 9.97 Å². The average Bonchev–Trinajstić information content (AvgIpc) is 2.38. The molecule has 19 heavy (non-hydrogen) atoms. The Bertz CT molecular complexity index is 577. The van der Waals surface area contributed by atoms with Crippen LogP contribution in [-0.4, -0.2) is 9.97 Å². The van der Waals surface area contributed by atoms with E-state index >= 15 is 0 Å². The largest absolute Gasteiger partial charge is 0.416 e. The van der Waals surface area contributed by atoms with E-state index in [0.29, 0.717) is 17.1 Å². The first-order valence-electron chi connectivity index (χ1n) is 5.88. The summed E-state index contributed by atoms with van der Waals surface area (Å²) in [5, 5.41) is 0. The van der Waals surface area contributed by atoms with Crippen LogP contribution in [0.25, 0.3) is 11.3 Å². The second-order valence-electron chi connectivity index (χ2n) is 4.53. The molecule has 2 rings (SSSR count). The van der Waals surface area contributed by atoms with Gasteiger partial charge in [-0.15, -0.1) is 0 Å². The molecule has 0 spiro atoms. The summed E-state index contributed by atoms with van der Waals surface area (Å²) >= 11 is 0. The fourth-order valence-corrected chi connectivity index (χ4v) is 1.67. The molecular formula is C14H13F3N2. The summed E-state index contributed by atoms with van der Waals surface area (Å²) in [5.74, 6) is 0.751. The van der Waals surface area contributed by atoms with Crippen LogP contribution in [0.15, 0.2) is 36.5 Å². The van der Waals surface area contributed by atoms with E-state index in [1.807, 2.05) is 13.8 Å². The minimum absolute atomic E-state index is 0.130. The van der Waals surface area contributed by atoms with E-state index in [0.717, 1.165) is 12.1 Å². The molecule has 1 aromatic carbocycles. The van der Waals surface area contributed by atoms with Crippen LogP contribution >= 0.6 is 0 Å². The van der Waals surface area contributed by atoms with Gasteiger partial charge in [-0.25, -0.2) is 9.97 Å². The molecule has 0 unspecified atom stereocenters. The predicted molar refractivity (Wildman–Crippen MR) is 66.6 cm³/mol. The quantitative estimate of drug-likeness (QED) is 0.810. The second-order valence-corrected chi connectivity index (χ2v) is 4.53. The lowest BCUT2D eigenvalue weighted by Gasteiger charge is -2.09. The molecule has 0 N–H and O–H groups in total. The third-order valence-electron chi connectivity index (χ3n) is 2.68. The first kappa shape index (κ1) is 13.5. The van der Waals surface area contributed by atoms with Crippen molar-refractivity contribution < 1.29 is 13.2 Å². The molecule has 0 aliphatic carbocycles. The molecule has 0 saturated heterocycles. The maximum Gasteiger partial charge on any atom is 0.416 e. The normalized spacial score (nSPS) is 11.9. The highest BCUT2D eigenvalue weighted by Crippen LogP contribution is 2.31. The van der Waals surface area contributed by atoms with E-state index in [4.69, 9.17) is 0 Å². The molecule has 0 bridgehead atoms. The minimum Gasteiger partial charge on any atom is -0.241 e. The number of nitrogens with zero attached hydrogens (tertiary/aromatic N) is 2. The first-order valence-corrected chi connectivity index (χ1v) is 5.88. The standard InChI is InChI=1S/C14H13F3N2/c1-9(2)13-18-7-6-12(19-13)10-4-3-5-11(8-10)14(15,16)17/h3-9H,1-2H3. The average molecular weight is 266 g/mol. The van der Waals surface area contributed by atoms with E-state index in [1.165, 1.54) is 6.07 Å². The zero-order valence-electron chi connectivity index (χ0n) is 10.6.